The number of hydrogen-bond donors (Lipinski definition) is 12. The number of aliphatic hydroxyl groups excluding tert-OH is 9. The number of rotatable bonds is 28. The van der Waals surface area contributed by atoms with Crippen LogP contribution in [0.3, 0.4) is 0 Å². The van der Waals surface area contributed by atoms with Gasteiger partial charge < -0.3 is 100.0 Å². The SMILES string of the molecule is CC[C@@H]1CC(C(=O)NCCNC(=O)[C@H]2CC(n3cc(-c4cccc(F)c4)nn3)C(O)[C@H](O[C@@H](C)OC(CO)C(O)[C@H](O)n3cc(-c4cccc(F)c4)nn3)C2)CC(O[C@@H]2O[C@H](CO)C(O)C(O[C@@H](CC3CCCCC3)C(=O)N3CCC3)C2NC(C)=O)C1OC1OC(C)C(O)C(O)C1O. The Morgan fingerprint density at radius 2 is 1.37 bits per heavy atom. The Morgan fingerprint density at radius 1 is 0.724 bits per heavy atom. The molecule has 0 bridgehead atoms. The molecule has 542 valence electrons. The highest BCUT2D eigenvalue weighted by Gasteiger charge is 2.54. The number of likely N-dealkylation sites (tertiary alicyclic amines) is 1. The van der Waals surface area contributed by atoms with Gasteiger partial charge in [-0.1, -0.05) is 80.1 Å². The van der Waals surface area contributed by atoms with Crippen molar-refractivity contribution in [1.82, 2.24) is 50.8 Å². The zero-order valence-corrected chi connectivity index (χ0v) is 55.3. The fourth-order valence-corrected chi connectivity index (χ4v) is 14.3. The van der Waals surface area contributed by atoms with Crippen LogP contribution in [0.4, 0.5) is 8.78 Å². The summed E-state index contributed by atoms with van der Waals surface area (Å²) in [5.41, 5.74) is 1.16. The number of nitrogens with zero attached hydrogens (tertiary/aromatic N) is 7. The minimum Gasteiger partial charge on any atom is -0.394 e. The van der Waals surface area contributed by atoms with Crippen molar-refractivity contribution in [3.8, 4) is 22.5 Å². The molecule has 6 fully saturated rings. The number of amides is 4. The average Bonchev–Trinajstić information content (AvgIpc) is 1.10. The minimum atomic E-state index is -1.85. The minimum absolute atomic E-state index is 0.0251. The highest BCUT2D eigenvalue weighted by Crippen LogP contribution is 2.42. The maximum absolute atomic E-state index is 14.6. The molecule has 23 atom stereocenters. The topological polar surface area (TPSA) is 416 Å². The van der Waals surface area contributed by atoms with Crippen molar-refractivity contribution in [2.45, 2.75) is 227 Å². The van der Waals surface area contributed by atoms with Crippen LogP contribution in [-0.4, -0.2) is 254 Å². The molecule has 3 aliphatic heterocycles. The summed E-state index contributed by atoms with van der Waals surface area (Å²) in [5.74, 6) is -5.04. The van der Waals surface area contributed by atoms with Gasteiger partial charge in [0, 0.05) is 56.1 Å². The number of ether oxygens (including phenoxy) is 7. The van der Waals surface area contributed by atoms with Crippen LogP contribution in [0, 0.1) is 35.3 Å². The van der Waals surface area contributed by atoms with Crippen molar-refractivity contribution in [3.05, 3.63) is 72.6 Å². The Morgan fingerprint density at radius 3 is 1.98 bits per heavy atom. The van der Waals surface area contributed by atoms with Crippen molar-refractivity contribution in [3.63, 3.8) is 0 Å². The Labute approximate surface area is 565 Å². The Bertz CT molecular complexity index is 3260. The number of nitrogens with one attached hydrogen (secondary N) is 3. The number of aromatic nitrogens is 6. The molecule has 12 N–H and O–H groups in total. The van der Waals surface area contributed by atoms with E-state index in [2.05, 4.69) is 36.6 Å². The summed E-state index contributed by atoms with van der Waals surface area (Å²) in [6, 6.07) is 8.80. The van der Waals surface area contributed by atoms with E-state index in [-0.39, 0.29) is 62.0 Å². The molecule has 0 radical (unpaired) electrons. The van der Waals surface area contributed by atoms with Gasteiger partial charge in [0.2, 0.25) is 17.7 Å². The Balaban J connectivity index is 0.831. The first kappa shape index (κ1) is 74.5. The lowest BCUT2D eigenvalue weighted by atomic mass is 9.75. The molecule has 0 spiro atoms. The molecule has 3 saturated heterocycles. The summed E-state index contributed by atoms with van der Waals surface area (Å²) in [4.78, 5) is 58.0. The van der Waals surface area contributed by atoms with E-state index in [0.29, 0.717) is 37.1 Å². The van der Waals surface area contributed by atoms with Crippen LogP contribution in [0.5, 0.6) is 0 Å². The zero-order valence-electron chi connectivity index (χ0n) is 55.3. The second-order valence-electron chi connectivity index (χ2n) is 26.7. The van der Waals surface area contributed by atoms with E-state index < -0.39 is 183 Å². The number of hydrogen-bond acceptors (Lipinski definition) is 24. The lowest BCUT2D eigenvalue weighted by Crippen LogP contribution is -2.67. The number of carbonyl (C=O) groups excluding carboxylic acids is 4. The van der Waals surface area contributed by atoms with Crippen LogP contribution in [0.15, 0.2) is 60.9 Å². The molecule has 30 nitrogen and oxygen atoms in total. The van der Waals surface area contributed by atoms with Crippen LogP contribution in [0.1, 0.15) is 117 Å². The smallest absolute Gasteiger partial charge is 0.251 e. The van der Waals surface area contributed by atoms with Gasteiger partial charge in [0.1, 0.15) is 90.1 Å². The molecule has 2 aromatic heterocycles. The summed E-state index contributed by atoms with van der Waals surface area (Å²) in [6.07, 6.45) is -16.6. The van der Waals surface area contributed by atoms with Gasteiger partial charge in [-0.15, -0.1) is 10.2 Å². The number of benzene rings is 2. The fourth-order valence-electron chi connectivity index (χ4n) is 14.3. The highest BCUT2D eigenvalue weighted by atomic mass is 19.1. The van der Waals surface area contributed by atoms with Gasteiger partial charge in [-0.2, -0.15) is 0 Å². The second-order valence-corrected chi connectivity index (χ2v) is 26.7. The predicted octanol–water partition coefficient (Wildman–Crippen LogP) is 0.260. The largest absolute Gasteiger partial charge is 0.394 e. The third-order valence-electron chi connectivity index (χ3n) is 19.9. The quantitative estimate of drug-likeness (QED) is 0.0268. The molecule has 5 heterocycles. The molecule has 3 aliphatic carbocycles. The molecule has 98 heavy (non-hydrogen) atoms. The van der Waals surface area contributed by atoms with E-state index >= 15 is 0 Å². The van der Waals surface area contributed by atoms with E-state index in [1.807, 2.05) is 6.92 Å². The number of aliphatic hydroxyl groups is 9. The third kappa shape index (κ3) is 17.9. The van der Waals surface area contributed by atoms with Gasteiger partial charge in [-0.25, -0.2) is 18.1 Å². The van der Waals surface area contributed by atoms with Gasteiger partial charge in [-0.05, 0) is 88.5 Å². The first-order valence-electron chi connectivity index (χ1n) is 34.1. The average molecular weight is 1390 g/mol. The van der Waals surface area contributed by atoms with Crippen molar-refractivity contribution in [1.29, 1.82) is 0 Å². The van der Waals surface area contributed by atoms with Gasteiger partial charge in [0.25, 0.3) is 5.91 Å². The molecular formula is C66H94F2N10O20. The van der Waals surface area contributed by atoms with E-state index in [0.717, 1.165) is 43.2 Å². The lowest BCUT2D eigenvalue weighted by molar-refractivity contribution is -0.338. The van der Waals surface area contributed by atoms with Gasteiger partial charge in [-0.3, -0.25) is 19.2 Å². The Kier molecular flexibility index (Phi) is 25.8. The zero-order chi connectivity index (χ0) is 70.1. The summed E-state index contributed by atoms with van der Waals surface area (Å²) in [7, 11) is 0. The van der Waals surface area contributed by atoms with Crippen molar-refractivity contribution < 1.29 is 107 Å². The molecule has 4 aromatic rings. The molecule has 4 amide bonds. The summed E-state index contributed by atoms with van der Waals surface area (Å²) in [6.45, 7) is 5.27. The highest BCUT2D eigenvalue weighted by molar-refractivity contribution is 5.82. The third-order valence-corrected chi connectivity index (χ3v) is 19.9. The van der Waals surface area contributed by atoms with Crippen molar-refractivity contribution in [2.24, 2.45) is 23.7 Å². The van der Waals surface area contributed by atoms with E-state index in [4.69, 9.17) is 33.2 Å². The van der Waals surface area contributed by atoms with Gasteiger partial charge in [0.15, 0.2) is 25.1 Å². The molecule has 15 unspecified atom stereocenters. The number of halogens is 2. The van der Waals surface area contributed by atoms with Crippen LogP contribution >= 0.6 is 0 Å². The van der Waals surface area contributed by atoms with Crippen LogP contribution < -0.4 is 16.0 Å². The predicted molar refractivity (Wildman–Crippen MR) is 337 cm³/mol. The van der Waals surface area contributed by atoms with Crippen LogP contribution in [0.25, 0.3) is 22.5 Å². The van der Waals surface area contributed by atoms with E-state index in [1.54, 1.807) is 17.0 Å². The Hall–Kier alpha value is -6.18. The van der Waals surface area contributed by atoms with E-state index in [9.17, 15) is 73.9 Å². The summed E-state index contributed by atoms with van der Waals surface area (Å²) >= 11 is 0. The molecule has 6 aliphatic rings. The lowest BCUT2D eigenvalue weighted by Gasteiger charge is -2.49. The summed E-state index contributed by atoms with van der Waals surface area (Å²) in [5, 5.41) is 125. The van der Waals surface area contributed by atoms with Crippen molar-refractivity contribution >= 4 is 23.6 Å². The summed E-state index contributed by atoms with van der Waals surface area (Å²) < 4.78 is 75.0. The fraction of sp³-hybridized carbons (Fsp3) is 0.697. The number of carbonyl (C=O) groups is 4. The molecular weight excluding hydrogens is 1290 g/mol. The van der Waals surface area contributed by atoms with Crippen LogP contribution in [-0.2, 0) is 52.3 Å². The van der Waals surface area contributed by atoms with Gasteiger partial charge in [0.05, 0.1) is 56.1 Å². The molecule has 3 saturated carbocycles. The first-order valence-corrected chi connectivity index (χ1v) is 34.1. The second kappa shape index (κ2) is 34.0. The standard InChI is InChI=1S/C66H94F2N10O20/c1-5-37-23-40(28-48(59(37)98-66-58(87)57(86)53(82)33(2)92-66)96-65-52(71-34(3)81)60(55(84)50(31-79)97-65)95-49(63(90)76-20-11-21-76)22-36-12-7-6-8-13-36)61(88)69-18-19-70-62(89)41-26-46(77-29-44(72-74-77)38-14-9-16-42(67)24-38)54(83)47(27-41)93-35(4)94-51(32-80)56(85)64(91)78-30-45(73-75-78)39-15-10-17-43(68)25-39/h9-10,14-17,24-25,29-30,33,35-37,40-41,46-60,64-66,79-80,82-87,91H,5-8,11-13,18-23,26-28,31-32H2,1-4H3,(H,69,88)(H,70,89)(H,71,81)/t33?,35-,37-,40?,41+,46?,47-,48?,49+,50-,51?,52?,53?,54?,55?,56?,57?,58?,59?,60?,64+,65-,66?/m1/s1. The first-order chi connectivity index (χ1) is 47.0. The van der Waals surface area contributed by atoms with E-state index in [1.165, 1.54) is 74.2 Å². The van der Waals surface area contributed by atoms with Crippen molar-refractivity contribution in [2.75, 3.05) is 39.4 Å². The molecule has 32 heteroatoms. The monoisotopic (exact) mass is 1380 g/mol. The maximum atomic E-state index is 14.6. The molecule has 10 rings (SSSR count). The van der Waals surface area contributed by atoms with Gasteiger partial charge >= 0.3 is 0 Å². The molecule has 2 aromatic carbocycles. The normalized spacial score (nSPS) is 32.4. The maximum Gasteiger partial charge on any atom is 0.251 e. The van der Waals surface area contributed by atoms with Crippen LogP contribution in [0.2, 0.25) is 0 Å².